The summed E-state index contributed by atoms with van der Waals surface area (Å²) in [5.74, 6) is 0. The van der Waals surface area contributed by atoms with Crippen LogP contribution in [0.15, 0.2) is 12.2 Å². The molecule has 48 valence electrons. The molecule has 0 aliphatic carbocycles. The summed E-state index contributed by atoms with van der Waals surface area (Å²) in [5, 5.41) is 5.36. The molecular weight excluding hydrogens is 118 g/mol. The van der Waals surface area contributed by atoms with Crippen molar-refractivity contribution in [1.29, 1.82) is 0 Å². The van der Waals surface area contributed by atoms with Crippen LogP contribution in [-0.4, -0.2) is 4.75 Å². The van der Waals surface area contributed by atoms with E-state index in [0.717, 1.165) is 0 Å². The Morgan fingerprint density at radius 1 is 1.50 bits per heavy atom. The lowest BCUT2D eigenvalue weighted by molar-refractivity contribution is 0.897. The molecule has 0 aromatic carbocycles. The Morgan fingerprint density at radius 3 is 2.12 bits per heavy atom. The third kappa shape index (κ3) is 3.10. The molecule has 8 heavy (non-hydrogen) atoms. The molecule has 0 bridgehead atoms. The van der Waals surface area contributed by atoms with Crippen molar-refractivity contribution in [3.63, 3.8) is 0 Å². The molecule has 0 atom stereocenters. The molecule has 0 aliphatic heterocycles. The van der Waals surface area contributed by atoms with Crippen LogP contribution in [0.25, 0.3) is 0 Å². The maximum Gasteiger partial charge on any atom is 0.0425 e. The van der Waals surface area contributed by atoms with Gasteiger partial charge in [-0.2, -0.15) is 0 Å². The highest BCUT2D eigenvalue weighted by molar-refractivity contribution is 7.98. The van der Waals surface area contributed by atoms with Crippen molar-refractivity contribution >= 4 is 11.9 Å². The maximum absolute atomic E-state index is 5.36. The molecule has 0 aromatic rings. The van der Waals surface area contributed by atoms with Crippen LogP contribution in [-0.2, 0) is 0 Å². The van der Waals surface area contributed by atoms with Gasteiger partial charge in [0.25, 0.3) is 0 Å². The van der Waals surface area contributed by atoms with E-state index >= 15 is 0 Å². The van der Waals surface area contributed by atoms with Crippen molar-refractivity contribution in [3.05, 3.63) is 12.2 Å². The van der Waals surface area contributed by atoms with E-state index in [-0.39, 0.29) is 4.75 Å². The van der Waals surface area contributed by atoms with E-state index in [0.29, 0.717) is 0 Å². The standard InChI is InChI=1S/C6H13NS/c1-4-5-6(2,3)8-7/h4-5H,7H2,1-3H3. The fraction of sp³-hybridized carbons (Fsp3) is 0.667. The normalized spacial score (nSPS) is 13.0. The highest BCUT2D eigenvalue weighted by atomic mass is 32.2. The Hall–Kier alpha value is 0.0500. The van der Waals surface area contributed by atoms with Crippen molar-refractivity contribution in [3.8, 4) is 0 Å². The van der Waals surface area contributed by atoms with Crippen molar-refractivity contribution < 1.29 is 0 Å². The lowest BCUT2D eigenvalue weighted by Crippen LogP contribution is -2.12. The van der Waals surface area contributed by atoms with Crippen LogP contribution in [0.2, 0.25) is 0 Å². The van der Waals surface area contributed by atoms with Crippen LogP contribution < -0.4 is 5.14 Å². The number of hydrogen-bond acceptors (Lipinski definition) is 2. The molecule has 0 amide bonds. The third-order valence-electron chi connectivity index (χ3n) is 0.872. The van der Waals surface area contributed by atoms with Gasteiger partial charge in [0.2, 0.25) is 0 Å². The van der Waals surface area contributed by atoms with Crippen molar-refractivity contribution in [2.45, 2.75) is 25.5 Å². The fourth-order valence-corrected chi connectivity index (χ4v) is 0.655. The van der Waals surface area contributed by atoms with E-state index in [4.69, 9.17) is 5.14 Å². The van der Waals surface area contributed by atoms with Crippen LogP contribution in [0.5, 0.6) is 0 Å². The first-order valence-corrected chi connectivity index (χ1v) is 3.52. The molecule has 2 heteroatoms. The Bertz CT molecular complexity index is 86.5. The molecule has 0 saturated heterocycles. The van der Waals surface area contributed by atoms with Gasteiger partial charge in [0.1, 0.15) is 0 Å². The average molecular weight is 131 g/mol. The Morgan fingerprint density at radius 2 is 2.00 bits per heavy atom. The minimum absolute atomic E-state index is 0.106. The molecule has 1 nitrogen and oxygen atoms in total. The minimum Gasteiger partial charge on any atom is -0.277 e. The van der Waals surface area contributed by atoms with E-state index in [1.54, 1.807) is 0 Å². The lowest BCUT2D eigenvalue weighted by Gasteiger charge is -2.14. The number of rotatable bonds is 2. The van der Waals surface area contributed by atoms with Gasteiger partial charge >= 0.3 is 0 Å². The molecule has 0 aromatic heterocycles. The smallest absolute Gasteiger partial charge is 0.0425 e. The predicted molar refractivity (Wildman–Crippen MR) is 40.7 cm³/mol. The molecule has 0 fully saturated rings. The first kappa shape index (κ1) is 8.05. The zero-order valence-corrected chi connectivity index (χ0v) is 6.46. The highest BCUT2D eigenvalue weighted by Gasteiger charge is 2.09. The van der Waals surface area contributed by atoms with Gasteiger partial charge in [-0.25, -0.2) is 0 Å². The topological polar surface area (TPSA) is 26.0 Å². The van der Waals surface area contributed by atoms with Gasteiger partial charge in [-0.05, 0) is 20.8 Å². The van der Waals surface area contributed by atoms with Gasteiger partial charge in [-0.15, -0.1) is 0 Å². The Kier molecular flexibility index (Phi) is 3.17. The molecule has 0 saturated carbocycles. The Labute approximate surface area is 55.5 Å². The quantitative estimate of drug-likeness (QED) is 0.458. The summed E-state index contributed by atoms with van der Waals surface area (Å²) >= 11 is 1.36. The first-order valence-electron chi connectivity index (χ1n) is 2.64. The van der Waals surface area contributed by atoms with Crippen molar-refractivity contribution in [2.75, 3.05) is 0 Å². The maximum atomic E-state index is 5.36. The fourth-order valence-electron chi connectivity index (χ4n) is 0.441. The van der Waals surface area contributed by atoms with E-state index in [9.17, 15) is 0 Å². The largest absolute Gasteiger partial charge is 0.277 e. The van der Waals surface area contributed by atoms with E-state index in [1.165, 1.54) is 11.9 Å². The van der Waals surface area contributed by atoms with Crippen LogP contribution in [0.1, 0.15) is 20.8 Å². The monoisotopic (exact) mass is 131 g/mol. The van der Waals surface area contributed by atoms with Gasteiger partial charge in [0, 0.05) is 4.75 Å². The Balaban J connectivity index is 3.71. The second-order valence-electron chi connectivity index (χ2n) is 2.22. The summed E-state index contributed by atoms with van der Waals surface area (Å²) in [6, 6.07) is 0. The van der Waals surface area contributed by atoms with Crippen LogP contribution >= 0.6 is 11.9 Å². The van der Waals surface area contributed by atoms with Gasteiger partial charge in [0.15, 0.2) is 0 Å². The molecule has 0 heterocycles. The van der Waals surface area contributed by atoms with Gasteiger partial charge < -0.3 is 0 Å². The van der Waals surface area contributed by atoms with Gasteiger partial charge in [-0.1, -0.05) is 24.1 Å². The number of hydrogen-bond donors (Lipinski definition) is 1. The third-order valence-corrected chi connectivity index (χ3v) is 1.62. The van der Waals surface area contributed by atoms with Crippen LogP contribution in [0, 0.1) is 0 Å². The van der Waals surface area contributed by atoms with Crippen molar-refractivity contribution in [1.82, 2.24) is 0 Å². The van der Waals surface area contributed by atoms with Gasteiger partial charge in [-0.3, -0.25) is 5.14 Å². The molecule has 0 spiro atoms. The summed E-state index contributed by atoms with van der Waals surface area (Å²) < 4.78 is 0.106. The van der Waals surface area contributed by atoms with Crippen LogP contribution in [0.3, 0.4) is 0 Å². The molecule has 0 aliphatic rings. The zero-order chi connectivity index (χ0) is 6.62. The summed E-state index contributed by atoms with van der Waals surface area (Å²) in [6.45, 7) is 6.16. The van der Waals surface area contributed by atoms with E-state index in [2.05, 4.69) is 19.9 Å². The van der Waals surface area contributed by atoms with Gasteiger partial charge in [0.05, 0.1) is 0 Å². The van der Waals surface area contributed by atoms with E-state index in [1.807, 2.05) is 13.0 Å². The molecular formula is C6H13NS. The molecule has 0 unspecified atom stereocenters. The minimum atomic E-state index is 0.106. The summed E-state index contributed by atoms with van der Waals surface area (Å²) in [7, 11) is 0. The molecule has 2 N–H and O–H groups in total. The number of allylic oxidation sites excluding steroid dienone is 1. The summed E-state index contributed by atoms with van der Waals surface area (Å²) in [4.78, 5) is 0. The predicted octanol–water partition coefficient (Wildman–Crippen LogP) is 1.95. The summed E-state index contributed by atoms with van der Waals surface area (Å²) in [5.41, 5.74) is 0. The molecule has 0 rings (SSSR count). The zero-order valence-electron chi connectivity index (χ0n) is 5.64. The van der Waals surface area contributed by atoms with Crippen LogP contribution in [0.4, 0.5) is 0 Å². The van der Waals surface area contributed by atoms with E-state index < -0.39 is 0 Å². The SMILES string of the molecule is CC=CC(C)(C)SN. The molecule has 0 radical (unpaired) electrons. The number of nitrogens with two attached hydrogens (primary N) is 1. The average Bonchev–Trinajstić information content (AvgIpc) is 1.67. The highest BCUT2D eigenvalue weighted by Crippen LogP contribution is 2.19. The van der Waals surface area contributed by atoms with Crippen molar-refractivity contribution in [2.24, 2.45) is 5.14 Å². The summed E-state index contributed by atoms with van der Waals surface area (Å²) in [6.07, 6.45) is 4.09. The first-order chi connectivity index (χ1) is 3.62. The lowest BCUT2D eigenvalue weighted by atomic mass is 10.2. The second kappa shape index (κ2) is 3.15. The second-order valence-corrected chi connectivity index (χ2v) is 3.51.